The summed E-state index contributed by atoms with van der Waals surface area (Å²) in [6.07, 6.45) is 0. The first-order valence-electron chi connectivity index (χ1n) is 9.88. The molecule has 0 saturated heterocycles. The van der Waals surface area contributed by atoms with Crippen LogP contribution in [0.15, 0.2) is 41.4 Å². The lowest BCUT2D eigenvalue weighted by Gasteiger charge is -2.24. The molecule has 0 amide bonds. The minimum Gasteiger partial charge on any atom is -0.497 e. The SMILES string of the molecule is CCNC(=NCC(C)(C)c1cccc(OC)c1)Nc1cc(OC)c(OC)c(OC)c1. The quantitative estimate of drug-likeness (QED) is 0.475. The Morgan fingerprint density at radius 2 is 1.60 bits per heavy atom. The van der Waals surface area contributed by atoms with Gasteiger partial charge in [0.25, 0.3) is 0 Å². The molecule has 0 unspecified atom stereocenters. The van der Waals surface area contributed by atoms with Crippen molar-refractivity contribution in [3.8, 4) is 23.0 Å². The Balaban J connectivity index is 2.27. The molecular weight excluding hydrogens is 382 g/mol. The molecule has 2 N–H and O–H groups in total. The summed E-state index contributed by atoms with van der Waals surface area (Å²) in [6.45, 7) is 7.66. The minimum absolute atomic E-state index is 0.174. The number of aliphatic imine (C=N–C) groups is 1. The summed E-state index contributed by atoms with van der Waals surface area (Å²) in [6, 6.07) is 11.8. The first-order chi connectivity index (χ1) is 14.4. The van der Waals surface area contributed by atoms with Gasteiger partial charge in [-0.05, 0) is 24.6 Å². The maximum absolute atomic E-state index is 5.44. The van der Waals surface area contributed by atoms with E-state index in [1.807, 2.05) is 31.2 Å². The highest BCUT2D eigenvalue weighted by atomic mass is 16.5. The van der Waals surface area contributed by atoms with Gasteiger partial charge in [-0.1, -0.05) is 26.0 Å². The zero-order chi connectivity index (χ0) is 22.1. The number of nitrogens with zero attached hydrogens (tertiary/aromatic N) is 1. The molecule has 0 fully saturated rings. The van der Waals surface area contributed by atoms with Gasteiger partial charge in [0.15, 0.2) is 17.5 Å². The van der Waals surface area contributed by atoms with Crippen LogP contribution in [0.1, 0.15) is 26.3 Å². The van der Waals surface area contributed by atoms with Crippen LogP contribution in [0, 0.1) is 0 Å². The van der Waals surface area contributed by atoms with Gasteiger partial charge in [0.1, 0.15) is 5.75 Å². The standard InChI is InChI=1S/C23H33N3O4/c1-8-24-22(25-15-23(2,3)16-10-9-11-18(12-16)27-4)26-17-13-19(28-5)21(30-7)20(14-17)29-6/h9-14H,8,15H2,1-7H3,(H2,24,25,26). The van der Waals surface area contributed by atoms with Crippen LogP contribution in [0.2, 0.25) is 0 Å². The van der Waals surface area contributed by atoms with Crippen molar-refractivity contribution in [3.63, 3.8) is 0 Å². The fourth-order valence-corrected chi connectivity index (χ4v) is 3.01. The van der Waals surface area contributed by atoms with Gasteiger partial charge in [0.2, 0.25) is 5.75 Å². The second-order valence-corrected chi connectivity index (χ2v) is 7.35. The molecule has 7 heteroatoms. The molecule has 2 rings (SSSR count). The third kappa shape index (κ3) is 5.72. The molecule has 0 saturated carbocycles. The second kappa shape index (κ2) is 10.6. The Bertz CT molecular complexity index is 840. The highest BCUT2D eigenvalue weighted by Gasteiger charge is 2.21. The van der Waals surface area contributed by atoms with Gasteiger partial charge in [-0.3, -0.25) is 4.99 Å². The van der Waals surface area contributed by atoms with Crippen LogP contribution in [0.3, 0.4) is 0 Å². The molecule has 164 valence electrons. The predicted octanol–water partition coefficient (Wildman–Crippen LogP) is 4.08. The average molecular weight is 416 g/mol. The van der Waals surface area contributed by atoms with E-state index in [9.17, 15) is 0 Å². The lowest BCUT2D eigenvalue weighted by Crippen LogP contribution is -2.33. The number of methoxy groups -OCH3 is 4. The fraction of sp³-hybridized carbons (Fsp3) is 0.435. The molecule has 0 aliphatic rings. The predicted molar refractivity (Wildman–Crippen MR) is 122 cm³/mol. The molecule has 7 nitrogen and oxygen atoms in total. The number of benzene rings is 2. The summed E-state index contributed by atoms with van der Waals surface area (Å²) in [7, 11) is 6.45. The van der Waals surface area contributed by atoms with E-state index < -0.39 is 0 Å². The van der Waals surface area contributed by atoms with E-state index >= 15 is 0 Å². The Morgan fingerprint density at radius 3 is 2.13 bits per heavy atom. The number of hydrogen-bond acceptors (Lipinski definition) is 5. The van der Waals surface area contributed by atoms with E-state index in [2.05, 4.69) is 36.6 Å². The van der Waals surface area contributed by atoms with Crippen molar-refractivity contribution in [2.24, 2.45) is 4.99 Å². The molecule has 2 aromatic carbocycles. The minimum atomic E-state index is -0.174. The Labute approximate surface area is 179 Å². The molecule has 0 atom stereocenters. The van der Waals surface area contributed by atoms with Crippen LogP contribution in [0.25, 0.3) is 0 Å². The molecule has 30 heavy (non-hydrogen) atoms. The summed E-state index contributed by atoms with van der Waals surface area (Å²) in [4.78, 5) is 4.81. The van der Waals surface area contributed by atoms with Gasteiger partial charge in [-0.2, -0.15) is 0 Å². The molecule has 2 aromatic rings. The van der Waals surface area contributed by atoms with E-state index in [1.165, 1.54) is 0 Å². The molecule has 0 heterocycles. The van der Waals surface area contributed by atoms with Crippen molar-refractivity contribution in [2.45, 2.75) is 26.2 Å². The smallest absolute Gasteiger partial charge is 0.203 e. The maximum Gasteiger partial charge on any atom is 0.203 e. The van der Waals surface area contributed by atoms with Crippen molar-refractivity contribution in [2.75, 3.05) is 46.8 Å². The molecule has 0 aliphatic heterocycles. The lowest BCUT2D eigenvalue weighted by molar-refractivity contribution is 0.324. The molecular formula is C23H33N3O4. The fourth-order valence-electron chi connectivity index (χ4n) is 3.01. The largest absolute Gasteiger partial charge is 0.497 e. The lowest BCUT2D eigenvalue weighted by atomic mass is 9.85. The van der Waals surface area contributed by atoms with Crippen molar-refractivity contribution in [3.05, 3.63) is 42.0 Å². The first-order valence-corrected chi connectivity index (χ1v) is 9.88. The summed E-state index contributed by atoms with van der Waals surface area (Å²) in [5, 5.41) is 6.61. The number of guanidine groups is 1. The molecule has 0 spiro atoms. The zero-order valence-corrected chi connectivity index (χ0v) is 19.0. The van der Waals surface area contributed by atoms with Gasteiger partial charge in [0, 0.05) is 29.8 Å². The normalized spacial score (nSPS) is 11.6. The Kier molecular flexibility index (Phi) is 8.21. The average Bonchev–Trinajstić information content (AvgIpc) is 2.76. The Morgan fingerprint density at radius 1 is 0.933 bits per heavy atom. The number of hydrogen-bond donors (Lipinski definition) is 2. The monoisotopic (exact) mass is 415 g/mol. The third-order valence-electron chi connectivity index (χ3n) is 4.76. The van der Waals surface area contributed by atoms with Crippen LogP contribution in [0.4, 0.5) is 5.69 Å². The van der Waals surface area contributed by atoms with Gasteiger partial charge in [-0.25, -0.2) is 0 Å². The van der Waals surface area contributed by atoms with Crippen LogP contribution in [-0.2, 0) is 5.41 Å². The van der Waals surface area contributed by atoms with Crippen LogP contribution in [0.5, 0.6) is 23.0 Å². The zero-order valence-electron chi connectivity index (χ0n) is 19.0. The summed E-state index contributed by atoms with van der Waals surface area (Å²) < 4.78 is 21.6. The molecule has 0 radical (unpaired) electrons. The summed E-state index contributed by atoms with van der Waals surface area (Å²) >= 11 is 0. The van der Waals surface area contributed by atoms with Crippen LogP contribution in [-0.4, -0.2) is 47.5 Å². The summed E-state index contributed by atoms with van der Waals surface area (Å²) in [5.41, 5.74) is 1.77. The number of nitrogens with one attached hydrogen (secondary N) is 2. The molecule has 0 bridgehead atoms. The van der Waals surface area contributed by atoms with Crippen molar-refractivity contribution in [1.29, 1.82) is 0 Å². The van der Waals surface area contributed by atoms with Crippen LogP contribution >= 0.6 is 0 Å². The number of rotatable bonds is 9. The van der Waals surface area contributed by atoms with Crippen molar-refractivity contribution >= 4 is 11.6 Å². The van der Waals surface area contributed by atoms with Gasteiger partial charge in [-0.15, -0.1) is 0 Å². The summed E-state index contributed by atoms with van der Waals surface area (Å²) in [5.74, 6) is 3.21. The first kappa shape index (κ1) is 23.2. The molecule has 0 aliphatic carbocycles. The van der Waals surface area contributed by atoms with Gasteiger partial charge < -0.3 is 29.6 Å². The van der Waals surface area contributed by atoms with Crippen LogP contribution < -0.4 is 29.6 Å². The van der Waals surface area contributed by atoms with Crippen molar-refractivity contribution in [1.82, 2.24) is 5.32 Å². The van der Waals surface area contributed by atoms with E-state index in [0.717, 1.165) is 23.5 Å². The van der Waals surface area contributed by atoms with E-state index in [1.54, 1.807) is 28.4 Å². The van der Waals surface area contributed by atoms with E-state index in [4.69, 9.17) is 23.9 Å². The number of ether oxygens (including phenoxy) is 4. The van der Waals surface area contributed by atoms with E-state index in [-0.39, 0.29) is 5.41 Å². The highest BCUT2D eigenvalue weighted by molar-refractivity contribution is 5.94. The van der Waals surface area contributed by atoms with Crippen molar-refractivity contribution < 1.29 is 18.9 Å². The Hall–Kier alpha value is -3.09. The maximum atomic E-state index is 5.44. The molecule has 0 aromatic heterocycles. The topological polar surface area (TPSA) is 73.3 Å². The van der Waals surface area contributed by atoms with Gasteiger partial charge in [0.05, 0.1) is 35.0 Å². The number of anilines is 1. The third-order valence-corrected chi connectivity index (χ3v) is 4.76. The van der Waals surface area contributed by atoms with E-state index in [0.29, 0.717) is 29.8 Å². The highest BCUT2D eigenvalue weighted by Crippen LogP contribution is 2.39. The second-order valence-electron chi connectivity index (χ2n) is 7.35. The van der Waals surface area contributed by atoms with Gasteiger partial charge >= 0.3 is 0 Å².